The number of carbonyl (C=O) groups excluding carboxylic acids is 1. The first-order valence-corrected chi connectivity index (χ1v) is 4.21. The first-order valence-electron chi connectivity index (χ1n) is 4.21. The molecular formula is C9H8F2N2O3. The monoisotopic (exact) mass is 230 g/mol. The molecule has 2 N–H and O–H groups in total. The molecule has 1 rings (SSSR count). The van der Waals surface area contributed by atoms with Crippen LogP contribution in [-0.2, 0) is 0 Å². The van der Waals surface area contributed by atoms with Crippen LogP contribution in [0.15, 0.2) is 12.1 Å². The number of benzene rings is 1. The Hall–Kier alpha value is -2.05. The van der Waals surface area contributed by atoms with Gasteiger partial charge in [-0.05, 0) is 19.1 Å². The second-order valence-corrected chi connectivity index (χ2v) is 3.12. The second-order valence-electron chi connectivity index (χ2n) is 3.12. The normalized spacial score (nSPS) is 10.5. The van der Waals surface area contributed by atoms with E-state index < -0.39 is 34.1 Å². The average Bonchev–Trinajstić information content (AvgIpc) is 2.15. The van der Waals surface area contributed by atoms with Crippen molar-refractivity contribution in [2.75, 3.05) is 5.73 Å². The predicted octanol–water partition coefficient (Wildman–Crippen LogP) is 2.32. The van der Waals surface area contributed by atoms with Gasteiger partial charge in [0.15, 0.2) is 5.78 Å². The lowest BCUT2D eigenvalue weighted by molar-refractivity contribution is -0.385. The van der Waals surface area contributed by atoms with Gasteiger partial charge in [-0.3, -0.25) is 14.9 Å². The van der Waals surface area contributed by atoms with Gasteiger partial charge in [-0.25, -0.2) is 8.78 Å². The first kappa shape index (κ1) is 12.0. The van der Waals surface area contributed by atoms with E-state index in [4.69, 9.17) is 5.73 Å². The molecule has 5 nitrogen and oxygen atoms in total. The third kappa shape index (κ3) is 2.13. The summed E-state index contributed by atoms with van der Waals surface area (Å²) in [7, 11) is 0. The van der Waals surface area contributed by atoms with E-state index in [2.05, 4.69) is 0 Å². The Kier molecular flexibility index (Phi) is 3.17. The summed E-state index contributed by atoms with van der Waals surface area (Å²) in [6, 6.07) is 1.81. The molecule has 0 bridgehead atoms. The molecule has 0 aliphatic carbocycles. The van der Waals surface area contributed by atoms with Crippen molar-refractivity contribution in [3.05, 3.63) is 33.4 Å². The van der Waals surface area contributed by atoms with Crippen LogP contribution < -0.4 is 5.73 Å². The number of alkyl halides is 2. The number of halogens is 2. The Balaban J connectivity index is 3.51. The number of Topliss-reactive ketones (excluding diaryl/α,β-unsaturated/α-hetero) is 1. The number of nitrogen functional groups attached to an aromatic ring is 1. The third-order valence-corrected chi connectivity index (χ3v) is 1.99. The molecule has 0 radical (unpaired) electrons. The highest BCUT2D eigenvalue weighted by molar-refractivity contribution is 5.96. The summed E-state index contributed by atoms with van der Waals surface area (Å²) in [5.74, 6) is -0.483. The lowest BCUT2D eigenvalue weighted by Gasteiger charge is -2.06. The predicted molar refractivity (Wildman–Crippen MR) is 52.5 cm³/mol. The zero-order valence-corrected chi connectivity index (χ0v) is 8.24. The third-order valence-electron chi connectivity index (χ3n) is 1.99. The van der Waals surface area contributed by atoms with Crippen molar-refractivity contribution in [3.8, 4) is 0 Å². The van der Waals surface area contributed by atoms with E-state index in [0.717, 1.165) is 19.1 Å². The minimum atomic E-state index is -3.05. The van der Waals surface area contributed by atoms with E-state index in [9.17, 15) is 23.7 Å². The van der Waals surface area contributed by atoms with Crippen LogP contribution in [0.1, 0.15) is 29.3 Å². The molecule has 0 aliphatic heterocycles. The van der Waals surface area contributed by atoms with Gasteiger partial charge < -0.3 is 5.73 Å². The van der Waals surface area contributed by atoms with Gasteiger partial charge in [0.1, 0.15) is 5.69 Å². The lowest BCUT2D eigenvalue weighted by Crippen LogP contribution is -2.04. The fourth-order valence-corrected chi connectivity index (χ4v) is 1.26. The minimum Gasteiger partial charge on any atom is -0.393 e. The summed E-state index contributed by atoms with van der Waals surface area (Å²) >= 11 is 0. The maximum Gasteiger partial charge on any atom is 0.301 e. The zero-order valence-electron chi connectivity index (χ0n) is 8.24. The van der Waals surface area contributed by atoms with Gasteiger partial charge in [0.25, 0.3) is 6.43 Å². The number of nitrogens with two attached hydrogens (primary N) is 1. The van der Waals surface area contributed by atoms with Gasteiger partial charge >= 0.3 is 5.69 Å². The Morgan fingerprint density at radius 2 is 2.06 bits per heavy atom. The summed E-state index contributed by atoms with van der Waals surface area (Å²) in [5.41, 5.74) is 3.08. The van der Waals surface area contributed by atoms with Gasteiger partial charge in [0, 0.05) is 5.56 Å². The Morgan fingerprint density at radius 3 is 2.44 bits per heavy atom. The lowest BCUT2D eigenvalue weighted by atomic mass is 10.0. The van der Waals surface area contributed by atoms with Crippen molar-refractivity contribution in [2.45, 2.75) is 13.3 Å². The molecule has 1 aromatic rings. The fraction of sp³-hybridized carbons (Fsp3) is 0.222. The molecule has 0 saturated carbocycles. The molecule has 0 saturated heterocycles. The highest BCUT2D eigenvalue weighted by atomic mass is 19.3. The van der Waals surface area contributed by atoms with Crippen LogP contribution in [0.5, 0.6) is 0 Å². The summed E-state index contributed by atoms with van der Waals surface area (Å²) < 4.78 is 25.1. The minimum absolute atomic E-state index is 0.0709. The number of nitrogens with zero attached hydrogens (tertiary/aromatic N) is 1. The van der Waals surface area contributed by atoms with Crippen LogP contribution in [0.4, 0.5) is 20.2 Å². The molecule has 1 aromatic carbocycles. The van der Waals surface area contributed by atoms with E-state index in [-0.39, 0.29) is 5.56 Å². The number of carbonyl (C=O) groups is 1. The molecule has 0 spiro atoms. The van der Waals surface area contributed by atoms with Gasteiger partial charge in [-0.1, -0.05) is 0 Å². The van der Waals surface area contributed by atoms with Crippen molar-refractivity contribution in [1.82, 2.24) is 0 Å². The Morgan fingerprint density at radius 1 is 1.50 bits per heavy atom. The maximum atomic E-state index is 12.5. The van der Waals surface area contributed by atoms with Crippen LogP contribution in [0, 0.1) is 10.1 Å². The molecule has 0 unspecified atom stereocenters. The van der Waals surface area contributed by atoms with Crippen LogP contribution in [0.2, 0.25) is 0 Å². The number of hydrogen-bond donors (Lipinski definition) is 1. The van der Waals surface area contributed by atoms with E-state index in [1.165, 1.54) is 0 Å². The van der Waals surface area contributed by atoms with E-state index in [0.29, 0.717) is 0 Å². The molecule has 0 aliphatic rings. The van der Waals surface area contributed by atoms with E-state index >= 15 is 0 Å². The first-order chi connectivity index (χ1) is 7.34. The molecule has 0 fully saturated rings. The molecule has 0 aromatic heterocycles. The molecule has 7 heteroatoms. The standard InChI is InChI=1S/C9H8F2N2O3/c1-4(14)5-2-6(9(10)11)8(13(15)16)7(12)3-5/h2-3,9H,12H2,1H3. The number of ketones is 1. The van der Waals surface area contributed by atoms with Crippen LogP contribution in [0.3, 0.4) is 0 Å². The van der Waals surface area contributed by atoms with Crippen LogP contribution in [-0.4, -0.2) is 10.7 Å². The van der Waals surface area contributed by atoms with Crippen molar-refractivity contribution in [2.24, 2.45) is 0 Å². The number of nitro groups is 1. The number of anilines is 1. The van der Waals surface area contributed by atoms with E-state index in [1.807, 2.05) is 0 Å². The molecule has 16 heavy (non-hydrogen) atoms. The quantitative estimate of drug-likeness (QED) is 0.373. The summed E-state index contributed by atoms with van der Waals surface area (Å²) in [6.07, 6.45) is -3.05. The Labute approximate surface area is 89.0 Å². The average molecular weight is 230 g/mol. The molecule has 86 valence electrons. The SMILES string of the molecule is CC(=O)c1cc(N)c([N+](=O)[O-])c(C(F)F)c1. The number of nitro benzene ring substituents is 1. The maximum absolute atomic E-state index is 12.5. The van der Waals surface area contributed by atoms with Crippen LogP contribution in [0.25, 0.3) is 0 Å². The summed E-state index contributed by atoms with van der Waals surface area (Å²) in [5, 5.41) is 10.5. The van der Waals surface area contributed by atoms with E-state index in [1.54, 1.807) is 0 Å². The fourth-order valence-electron chi connectivity index (χ4n) is 1.26. The highest BCUT2D eigenvalue weighted by Gasteiger charge is 2.26. The van der Waals surface area contributed by atoms with Crippen molar-refractivity contribution in [3.63, 3.8) is 0 Å². The van der Waals surface area contributed by atoms with Gasteiger partial charge in [0.05, 0.1) is 10.5 Å². The highest BCUT2D eigenvalue weighted by Crippen LogP contribution is 2.34. The van der Waals surface area contributed by atoms with Crippen molar-refractivity contribution < 1.29 is 18.5 Å². The summed E-state index contributed by atoms with van der Waals surface area (Å²) in [4.78, 5) is 20.5. The molecule has 0 atom stereocenters. The van der Waals surface area contributed by atoms with Crippen molar-refractivity contribution in [1.29, 1.82) is 0 Å². The van der Waals surface area contributed by atoms with Gasteiger partial charge in [-0.2, -0.15) is 0 Å². The van der Waals surface area contributed by atoms with Gasteiger partial charge in [0.2, 0.25) is 0 Å². The molecular weight excluding hydrogens is 222 g/mol. The largest absolute Gasteiger partial charge is 0.393 e. The molecule has 0 heterocycles. The van der Waals surface area contributed by atoms with Crippen LogP contribution >= 0.6 is 0 Å². The molecule has 0 amide bonds. The number of rotatable bonds is 3. The topological polar surface area (TPSA) is 86.2 Å². The smallest absolute Gasteiger partial charge is 0.301 e. The Bertz CT molecular complexity index is 460. The van der Waals surface area contributed by atoms with Crippen molar-refractivity contribution >= 4 is 17.2 Å². The number of hydrogen-bond acceptors (Lipinski definition) is 4. The second kappa shape index (κ2) is 4.21. The van der Waals surface area contributed by atoms with Gasteiger partial charge in [-0.15, -0.1) is 0 Å². The summed E-state index contributed by atoms with van der Waals surface area (Å²) in [6.45, 7) is 1.16. The zero-order chi connectivity index (χ0) is 12.5.